The molecule has 1 aliphatic heterocycles. The third-order valence-electron chi connectivity index (χ3n) is 8.38. The third kappa shape index (κ3) is 7.57. The first-order valence-corrected chi connectivity index (χ1v) is 14.2. The van der Waals surface area contributed by atoms with Crippen LogP contribution in [-0.2, 0) is 24.0 Å². The summed E-state index contributed by atoms with van der Waals surface area (Å²) in [6.07, 6.45) is 6.14. The molecule has 218 valence electrons. The van der Waals surface area contributed by atoms with Crippen LogP contribution in [-0.4, -0.2) is 71.4 Å². The van der Waals surface area contributed by atoms with Gasteiger partial charge in [0.2, 0.25) is 17.6 Å². The van der Waals surface area contributed by atoms with E-state index < -0.39 is 59.6 Å². The molecule has 0 aromatic rings. The Hall–Kier alpha value is -2.98. The van der Waals surface area contributed by atoms with Crippen LogP contribution < -0.4 is 21.7 Å². The number of rotatable bonds is 11. The number of hydrogen-bond donors (Lipinski definition) is 4. The van der Waals surface area contributed by atoms with Gasteiger partial charge in [-0.2, -0.15) is 0 Å². The van der Waals surface area contributed by atoms with Crippen molar-refractivity contribution in [2.75, 3.05) is 13.1 Å². The van der Waals surface area contributed by atoms with Crippen molar-refractivity contribution in [2.24, 2.45) is 34.8 Å². The fourth-order valence-electron chi connectivity index (χ4n) is 5.92. The van der Waals surface area contributed by atoms with Crippen LogP contribution in [0.25, 0.3) is 0 Å². The number of likely N-dealkylation sites (tertiary alicyclic amines) is 1. The lowest BCUT2D eigenvalue weighted by atomic mass is 9.84. The second kappa shape index (κ2) is 12.5. The molecule has 3 fully saturated rings. The van der Waals surface area contributed by atoms with Crippen molar-refractivity contribution < 1.29 is 28.8 Å². The molecule has 11 nitrogen and oxygen atoms in total. The van der Waals surface area contributed by atoms with Gasteiger partial charge in [0.05, 0.1) is 12.6 Å². The summed E-state index contributed by atoms with van der Waals surface area (Å²) in [5.41, 5.74) is 4.30. The summed E-state index contributed by atoms with van der Waals surface area (Å²) in [6, 6.07) is -2.96. The molecule has 0 aromatic heterocycles. The second-order valence-electron chi connectivity index (χ2n) is 12.8. The summed E-state index contributed by atoms with van der Waals surface area (Å²) in [5.74, 6) is -2.93. The van der Waals surface area contributed by atoms with Crippen molar-refractivity contribution in [1.82, 2.24) is 20.9 Å². The summed E-state index contributed by atoms with van der Waals surface area (Å²) in [7, 11) is 0. The molecular weight excluding hydrogens is 502 g/mol. The van der Waals surface area contributed by atoms with Gasteiger partial charge < -0.3 is 26.6 Å². The highest BCUT2D eigenvalue weighted by atomic mass is 16.2. The Morgan fingerprint density at radius 2 is 1.54 bits per heavy atom. The lowest BCUT2D eigenvalue weighted by Gasteiger charge is -2.37. The number of carbonyl (C=O) groups is 6. The number of ketones is 2. The van der Waals surface area contributed by atoms with E-state index in [0.29, 0.717) is 13.0 Å². The second-order valence-corrected chi connectivity index (χ2v) is 12.8. The fraction of sp³-hybridized carbons (Fsp3) is 0.786. The highest BCUT2D eigenvalue weighted by molar-refractivity contribution is 6.36. The van der Waals surface area contributed by atoms with Gasteiger partial charge >= 0.3 is 6.03 Å². The van der Waals surface area contributed by atoms with Crippen molar-refractivity contribution in [2.45, 2.75) is 97.7 Å². The van der Waals surface area contributed by atoms with Crippen LogP contribution in [0.1, 0.15) is 79.6 Å². The molecule has 5 N–H and O–H groups in total. The fourth-order valence-corrected chi connectivity index (χ4v) is 5.92. The molecule has 0 bridgehead atoms. The zero-order valence-corrected chi connectivity index (χ0v) is 23.9. The SMILES string of the molecule is CC(C)[C@H]1CCN(C(=O)[C@@H](NC(=O)N[C@H](C(=O)C2CC2)C2CCCC2)C(C)(C)C)[C@@H]1C(=O)NCC(=O)C(N)=O. The van der Waals surface area contributed by atoms with E-state index in [0.717, 1.165) is 38.5 Å². The minimum absolute atomic E-state index is 0.00854. The highest BCUT2D eigenvalue weighted by Gasteiger charge is 2.47. The number of carbonyl (C=O) groups excluding carboxylic acids is 6. The van der Waals surface area contributed by atoms with Crippen molar-refractivity contribution in [1.29, 1.82) is 0 Å². The molecule has 1 saturated heterocycles. The molecule has 1 heterocycles. The van der Waals surface area contributed by atoms with E-state index in [1.165, 1.54) is 4.90 Å². The van der Waals surface area contributed by atoms with E-state index in [9.17, 15) is 28.8 Å². The van der Waals surface area contributed by atoms with Crippen LogP contribution in [0.3, 0.4) is 0 Å². The molecule has 0 radical (unpaired) electrons. The molecule has 5 amide bonds. The van der Waals surface area contributed by atoms with Crippen LogP contribution in [0.5, 0.6) is 0 Å². The number of nitrogens with two attached hydrogens (primary N) is 1. The minimum Gasteiger partial charge on any atom is -0.363 e. The summed E-state index contributed by atoms with van der Waals surface area (Å²) >= 11 is 0. The van der Waals surface area contributed by atoms with Gasteiger partial charge in [0.15, 0.2) is 5.78 Å². The Morgan fingerprint density at radius 1 is 0.923 bits per heavy atom. The monoisotopic (exact) mass is 547 g/mol. The van der Waals surface area contributed by atoms with Crippen LogP contribution >= 0.6 is 0 Å². The maximum atomic E-state index is 13.9. The van der Waals surface area contributed by atoms with Gasteiger partial charge in [-0.1, -0.05) is 47.5 Å². The maximum absolute atomic E-state index is 13.9. The molecule has 3 rings (SSSR count). The third-order valence-corrected chi connectivity index (χ3v) is 8.38. The zero-order chi connectivity index (χ0) is 29.1. The predicted molar refractivity (Wildman–Crippen MR) is 144 cm³/mol. The van der Waals surface area contributed by atoms with E-state index in [4.69, 9.17) is 5.73 Å². The minimum atomic E-state index is -1.14. The van der Waals surface area contributed by atoms with Crippen LogP contribution in [0, 0.1) is 29.1 Å². The predicted octanol–water partition coefficient (Wildman–Crippen LogP) is 1.28. The number of amides is 5. The largest absolute Gasteiger partial charge is 0.363 e. The summed E-state index contributed by atoms with van der Waals surface area (Å²) in [6.45, 7) is 9.17. The number of Topliss-reactive ketones (excluding diaryl/α,β-unsaturated/α-hetero) is 2. The Kier molecular flexibility index (Phi) is 9.77. The van der Waals surface area contributed by atoms with Gasteiger partial charge in [-0.05, 0) is 55.3 Å². The van der Waals surface area contributed by atoms with Crippen LogP contribution in [0.15, 0.2) is 0 Å². The Bertz CT molecular complexity index is 979. The summed E-state index contributed by atoms with van der Waals surface area (Å²) in [4.78, 5) is 77.7. The first-order chi connectivity index (χ1) is 18.2. The van der Waals surface area contributed by atoms with Crippen LogP contribution in [0.2, 0.25) is 0 Å². The van der Waals surface area contributed by atoms with E-state index in [2.05, 4.69) is 16.0 Å². The normalized spacial score (nSPS) is 23.3. The molecular formula is C28H45N5O6. The number of primary amides is 1. The first kappa shape index (κ1) is 30.6. The van der Waals surface area contributed by atoms with Gasteiger partial charge in [0.25, 0.3) is 5.91 Å². The van der Waals surface area contributed by atoms with Gasteiger partial charge in [-0.25, -0.2) is 4.79 Å². The van der Waals surface area contributed by atoms with E-state index in [1.54, 1.807) is 0 Å². The number of hydrogen-bond acceptors (Lipinski definition) is 6. The zero-order valence-electron chi connectivity index (χ0n) is 23.9. The van der Waals surface area contributed by atoms with Gasteiger partial charge in [0, 0.05) is 12.5 Å². The Morgan fingerprint density at radius 3 is 2.05 bits per heavy atom. The molecule has 0 spiro atoms. The van der Waals surface area contributed by atoms with Gasteiger partial charge in [0.1, 0.15) is 12.1 Å². The smallest absolute Gasteiger partial charge is 0.316 e. The van der Waals surface area contributed by atoms with Crippen molar-refractivity contribution in [3.8, 4) is 0 Å². The quantitative estimate of drug-likeness (QED) is 0.284. The molecule has 0 unspecified atom stereocenters. The number of urea groups is 1. The molecule has 2 aliphatic carbocycles. The average Bonchev–Trinajstić information content (AvgIpc) is 3.37. The van der Waals surface area contributed by atoms with E-state index >= 15 is 0 Å². The van der Waals surface area contributed by atoms with Gasteiger partial charge in [-0.3, -0.25) is 24.0 Å². The number of nitrogens with one attached hydrogen (secondary N) is 3. The Balaban J connectivity index is 1.76. The first-order valence-electron chi connectivity index (χ1n) is 14.2. The molecule has 0 aromatic carbocycles. The lowest BCUT2D eigenvalue weighted by molar-refractivity contribution is -0.143. The molecule has 4 atom stereocenters. The van der Waals surface area contributed by atoms with Crippen LogP contribution in [0.4, 0.5) is 4.79 Å². The maximum Gasteiger partial charge on any atom is 0.316 e. The average molecular weight is 548 g/mol. The topological polar surface area (TPSA) is 168 Å². The van der Waals surface area contributed by atoms with E-state index in [1.807, 2.05) is 34.6 Å². The Labute approximate surface area is 230 Å². The molecule has 11 heteroatoms. The molecule has 3 aliphatic rings. The lowest BCUT2D eigenvalue weighted by Crippen LogP contribution is -2.61. The van der Waals surface area contributed by atoms with Crippen molar-refractivity contribution >= 4 is 35.3 Å². The van der Waals surface area contributed by atoms with Crippen molar-refractivity contribution in [3.05, 3.63) is 0 Å². The summed E-state index contributed by atoms with van der Waals surface area (Å²) < 4.78 is 0. The standard InChI is InChI=1S/C28H45N5O6/c1-15(2)18-12-13-33(21(18)25(37)30-14-19(34)24(29)36)26(38)23(28(3,4)5)32-27(39)31-20(16-8-6-7-9-16)22(35)17-10-11-17/h15-18,20-21,23H,6-14H2,1-5H3,(H2,29,36)(H,30,37)(H2,31,32,39)/t18-,20+,21+,23-/m1/s1. The highest BCUT2D eigenvalue weighted by Crippen LogP contribution is 2.36. The molecule has 2 saturated carbocycles. The summed E-state index contributed by atoms with van der Waals surface area (Å²) in [5, 5.41) is 8.19. The number of nitrogens with zero attached hydrogens (tertiary/aromatic N) is 1. The molecule has 39 heavy (non-hydrogen) atoms. The van der Waals surface area contributed by atoms with Crippen molar-refractivity contribution in [3.63, 3.8) is 0 Å². The van der Waals surface area contributed by atoms with E-state index in [-0.39, 0.29) is 29.5 Å². The van der Waals surface area contributed by atoms with Gasteiger partial charge in [-0.15, -0.1) is 0 Å².